The third-order valence-electron chi connectivity index (χ3n) is 3.35. The van der Waals surface area contributed by atoms with E-state index in [9.17, 15) is 13.2 Å². The molecule has 3 rings (SSSR count). The van der Waals surface area contributed by atoms with Gasteiger partial charge in [-0.2, -0.15) is 0 Å². The Labute approximate surface area is 141 Å². The molecule has 0 aliphatic heterocycles. The number of benzene rings is 1. The summed E-state index contributed by atoms with van der Waals surface area (Å²) in [6, 6.07) is 6.70. The molecule has 8 heteroatoms. The van der Waals surface area contributed by atoms with E-state index in [1.54, 1.807) is 23.5 Å². The summed E-state index contributed by atoms with van der Waals surface area (Å²) in [5, 5.41) is 5.21. The molecule has 0 saturated heterocycles. The average Bonchev–Trinajstić information content (AvgIpc) is 3.03. The number of sulfone groups is 1. The molecule has 0 radical (unpaired) electrons. The second-order valence-electron chi connectivity index (χ2n) is 5.15. The van der Waals surface area contributed by atoms with Crippen molar-refractivity contribution in [3.05, 3.63) is 40.1 Å². The van der Waals surface area contributed by atoms with Crippen molar-refractivity contribution < 1.29 is 13.2 Å². The summed E-state index contributed by atoms with van der Waals surface area (Å²) in [6.07, 6.45) is 1.47. The third-order valence-corrected chi connectivity index (χ3v) is 6.28. The average molecular weight is 366 g/mol. The van der Waals surface area contributed by atoms with Crippen molar-refractivity contribution in [2.75, 3.05) is 11.6 Å². The van der Waals surface area contributed by atoms with Gasteiger partial charge in [0.25, 0.3) is 0 Å². The zero-order chi connectivity index (χ0) is 16.6. The van der Waals surface area contributed by atoms with Gasteiger partial charge in [0.15, 0.2) is 15.0 Å². The van der Waals surface area contributed by atoms with Crippen LogP contribution in [0.2, 0.25) is 0 Å². The number of carbonyl (C=O) groups excluding carboxylic acids is 1. The Balaban J connectivity index is 1.81. The minimum Gasteiger partial charge on any atom is -0.302 e. The number of fused-ring (bicyclic) bond motifs is 1. The molecule has 120 valence electrons. The number of hydrogen-bond donors (Lipinski definition) is 1. The van der Waals surface area contributed by atoms with Crippen LogP contribution in [0.4, 0.5) is 5.13 Å². The van der Waals surface area contributed by atoms with Crippen LogP contribution < -0.4 is 5.32 Å². The van der Waals surface area contributed by atoms with Gasteiger partial charge in [0.05, 0.1) is 21.5 Å². The van der Waals surface area contributed by atoms with Crippen LogP contribution in [0.25, 0.3) is 10.2 Å². The van der Waals surface area contributed by atoms with Gasteiger partial charge in [-0.1, -0.05) is 11.3 Å². The van der Waals surface area contributed by atoms with Gasteiger partial charge < -0.3 is 5.32 Å². The fraction of sp³-hybridized carbons (Fsp3) is 0.200. The van der Waals surface area contributed by atoms with Crippen molar-refractivity contribution in [2.24, 2.45) is 0 Å². The number of hydrogen-bond acceptors (Lipinski definition) is 6. The third kappa shape index (κ3) is 3.60. The van der Waals surface area contributed by atoms with E-state index < -0.39 is 9.84 Å². The number of thiazole rings is 1. The van der Waals surface area contributed by atoms with Crippen LogP contribution in [0.3, 0.4) is 0 Å². The zero-order valence-corrected chi connectivity index (χ0v) is 14.9. The van der Waals surface area contributed by atoms with Gasteiger partial charge >= 0.3 is 0 Å². The number of carbonyl (C=O) groups is 1. The lowest BCUT2D eigenvalue weighted by molar-refractivity contribution is -0.115. The molecule has 0 spiro atoms. The topological polar surface area (TPSA) is 76.1 Å². The Morgan fingerprint density at radius 3 is 2.74 bits per heavy atom. The van der Waals surface area contributed by atoms with Crippen molar-refractivity contribution in [1.29, 1.82) is 0 Å². The van der Waals surface area contributed by atoms with E-state index in [0.29, 0.717) is 17.1 Å². The number of nitrogens with zero attached hydrogens (tertiary/aromatic N) is 1. The summed E-state index contributed by atoms with van der Waals surface area (Å²) >= 11 is 2.88. The lowest BCUT2D eigenvalue weighted by atomic mass is 10.2. The number of anilines is 1. The second kappa shape index (κ2) is 6.03. The van der Waals surface area contributed by atoms with E-state index in [4.69, 9.17) is 0 Å². The first kappa shape index (κ1) is 16.1. The highest BCUT2D eigenvalue weighted by atomic mass is 32.2. The van der Waals surface area contributed by atoms with Crippen molar-refractivity contribution in [1.82, 2.24) is 4.98 Å². The Morgan fingerprint density at radius 2 is 2.09 bits per heavy atom. The molecule has 1 aromatic carbocycles. The Morgan fingerprint density at radius 1 is 1.30 bits per heavy atom. The van der Waals surface area contributed by atoms with Gasteiger partial charge in [-0.3, -0.25) is 4.79 Å². The summed E-state index contributed by atoms with van der Waals surface area (Å²) in [7, 11) is -3.25. The predicted octanol–water partition coefficient (Wildman–Crippen LogP) is 3.25. The summed E-state index contributed by atoms with van der Waals surface area (Å²) in [6.45, 7) is 1.98. The van der Waals surface area contributed by atoms with Crippen LogP contribution >= 0.6 is 22.7 Å². The highest BCUT2D eigenvalue weighted by Gasteiger charge is 2.13. The molecule has 3 aromatic rings. The van der Waals surface area contributed by atoms with Crippen molar-refractivity contribution in [3.8, 4) is 0 Å². The van der Waals surface area contributed by atoms with Crippen molar-refractivity contribution in [2.45, 2.75) is 18.2 Å². The van der Waals surface area contributed by atoms with E-state index in [1.807, 2.05) is 18.4 Å². The highest BCUT2D eigenvalue weighted by Crippen LogP contribution is 2.28. The lowest BCUT2D eigenvalue weighted by Gasteiger charge is -2.00. The van der Waals surface area contributed by atoms with Crippen LogP contribution in [0, 0.1) is 6.92 Å². The van der Waals surface area contributed by atoms with Gasteiger partial charge in [0.2, 0.25) is 5.91 Å². The van der Waals surface area contributed by atoms with Crippen LogP contribution in [0.15, 0.2) is 34.5 Å². The molecular weight excluding hydrogens is 352 g/mol. The maximum absolute atomic E-state index is 12.1. The Bertz CT molecular complexity index is 986. The normalized spacial score (nSPS) is 11.7. The zero-order valence-electron chi connectivity index (χ0n) is 12.5. The molecule has 0 aliphatic carbocycles. The van der Waals surface area contributed by atoms with E-state index in [1.165, 1.54) is 23.7 Å². The molecule has 0 unspecified atom stereocenters. The molecule has 1 N–H and O–H groups in total. The largest absolute Gasteiger partial charge is 0.302 e. The van der Waals surface area contributed by atoms with Gasteiger partial charge in [-0.25, -0.2) is 13.4 Å². The fourth-order valence-electron chi connectivity index (χ4n) is 2.12. The molecule has 0 aliphatic rings. The summed E-state index contributed by atoms with van der Waals surface area (Å²) in [5.41, 5.74) is 1.68. The Hall–Kier alpha value is -1.77. The first-order valence-electron chi connectivity index (χ1n) is 6.76. The molecule has 0 atom stereocenters. The maximum Gasteiger partial charge on any atom is 0.230 e. The smallest absolute Gasteiger partial charge is 0.230 e. The monoisotopic (exact) mass is 366 g/mol. The molecule has 23 heavy (non-hydrogen) atoms. The SMILES string of the molecule is Cc1sccc1CC(=O)Nc1nc2ccc(S(C)(=O)=O)cc2s1. The Kier molecular flexibility index (Phi) is 4.22. The molecule has 2 aromatic heterocycles. The number of aromatic nitrogens is 1. The molecular formula is C15H14N2O3S3. The molecule has 0 saturated carbocycles. The van der Waals surface area contributed by atoms with E-state index in [-0.39, 0.29) is 10.8 Å². The van der Waals surface area contributed by atoms with Crippen LogP contribution in [0.5, 0.6) is 0 Å². The molecule has 5 nitrogen and oxygen atoms in total. The van der Waals surface area contributed by atoms with Crippen LogP contribution in [0.1, 0.15) is 10.4 Å². The second-order valence-corrected chi connectivity index (χ2v) is 9.31. The molecule has 0 fully saturated rings. The van der Waals surface area contributed by atoms with E-state index in [0.717, 1.165) is 15.1 Å². The van der Waals surface area contributed by atoms with Crippen LogP contribution in [-0.2, 0) is 21.1 Å². The van der Waals surface area contributed by atoms with E-state index in [2.05, 4.69) is 10.3 Å². The molecule has 2 heterocycles. The minimum absolute atomic E-state index is 0.131. The molecule has 1 amide bonds. The number of amides is 1. The first-order chi connectivity index (χ1) is 10.8. The first-order valence-corrected chi connectivity index (χ1v) is 10.3. The number of aryl methyl sites for hydroxylation is 1. The van der Waals surface area contributed by atoms with Crippen molar-refractivity contribution >= 4 is 53.8 Å². The van der Waals surface area contributed by atoms with Crippen molar-refractivity contribution in [3.63, 3.8) is 0 Å². The van der Waals surface area contributed by atoms with Crippen LogP contribution in [-0.4, -0.2) is 25.6 Å². The number of rotatable bonds is 4. The summed E-state index contributed by atoms with van der Waals surface area (Å²) in [4.78, 5) is 17.8. The predicted molar refractivity (Wildman–Crippen MR) is 94.1 cm³/mol. The molecule has 0 bridgehead atoms. The van der Waals surface area contributed by atoms with Gasteiger partial charge in [0, 0.05) is 11.1 Å². The minimum atomic E-state index is -3.25. The van der Waals surface area contributed by atoms with E-state index >= 15 is 0 Å². The standard InChI is InChI=1S/C15H14N2O3S3/c1-9-10(5-6-21-9)7-14(18)17-15-16-12-4-3-11(23(2,19)20)8-13(12)22-15/h3-6,8H,7H2,1-2H3,(H,16,17,18). The highest BCUT2D eigenvalue weighted by molar-refractivity contribution is 7.90. The summed E-state index contributed by atoms with van der Waals surface area (Å²) < 4.78 is 23.9. The van der Waals surface area contributed by atoms with Gasteiger partial charge in [0.1, 0.15) is 0 Å². The maximum atomic E-state index is 12.1. The lowest BCUT2D eigenvalue weighted by Crippen LogP contribution is -2.14. The summed E-state index contributed by atoms with van der Waals surface area (Å²) in [5.74, 6) is -0.131. The van der Waals surface area contributed by atoms with Gasteiger partial charge in [-0.05, 0) is 42.1 Å². The number of thiophene rings is 1. The quantitative estimate of drug-likeness (QED) is 0.769. The fourth-order valence-corrected chi connectivity index (χ4v) is 4.49. The number of nitrogens with one attached hydrogen (secondary N) is 1. The van der Waals surface area contributed by atoms with Gasteiger partial charge in [-0.15, -0.1) is 11.3 Å².